The number of fused-ring (bicyclic) bond motifs is 1. The Labute approximate surface area is 104 Å². The molecule has 0 aliphatic heterocycles. The Balaban J connectivity index is 2.27. The molecule has 3 aromatic rings. The molecular weight excluding hydrogens is 224 g/mol. The van der Waals surface area contributed by atoms with Crippen LogP contribution in [0.15, 0.2) is 54.7 Å². The second kappa shape index (κ2) is 4.37. The number of rotatable bonds is 2. The lowest BCUT2D eigenvalue weighted by Crippen LogP contribution is -1.93. The average Bonchev–Trinajstić information content (AvgIpc) is 2.47. The predicted molar refractivity (Wildman–Crippen MR) is 70.4 cm³/mol. The summed E-state index contributed by atoms with van der Waals surface area (Å²) in [7, 11) is 0. The maximum absolute atomic E-state index is 10.8. The highest BCUT2D eigenvalue weighted by Gasteiger charge is 2.06. The quantitative estimate of drug-likeness (QED) is 0.640. The van der Waals surface area contributed by atoms with Crippen LogP contribution in [0, 0.1) is 0 Å². The standard InChI is InChI=1S/C15H10N2O/c18-10-12-8-9-16-15(17-12)14-7-3-5-11-4-1-2-6-13(11)14/h1-10H. The topological polar surface area (TPSA) is 42.9 Å². The van der Waals surface area contributed by atoms with Crippen LogP contribution in [0.5, 0.6) is 0 Å². The predicted octanol–water partition coefficient (Wildman–Crippen LogP) is 3.11. The summed E-state index contributed by atoms with van der Waals surface area (Å²) in [5.74, 6) is 0.580. The van der Waals surface area contributed by atoms with Crippen LogP contribution in [-0.4, -0.2) is 16.3 Å². The molecule has 1 heterocycles. The van der Waals surface area contributed by atoms with Crippen molar-refractivity contribution in [2.45, 2.75) is 0 Å². The van der Waals surface area contributed by atoms with Gasteiger partial charge in [-0.3, -0.25) is 4.79 Å². The average molecular weight is 234 g/mol. The second-order valence-electron chi connectivity index (χ2n) is 3.95. The number of nitrogens with zero attached hydrogens (tertiary/aromatic N) is 2. The zero-order valence-corrected chi connectivity index (χ0v) is 9.58. The Morgan fingerprint density at radius 3 is 2.67 bits per heavy atom. The van der Waals surface area contributed by atoms with Crippen molar-refractivity contribution in [1.29, 1.82) is 0 Å². The van der Waals surface area contributed by atoms with Crippen LogP contribution in [0.4, 0.5) is 0 Å². The van der Waals surface area contributed by atoms with Crippen LogP contribution in [0.1, 0.15) is 10.5 Å². The molecule has 86 valence electrons. The molecule has 0 saturated carbocycles. The van der Waals surface area contributed by atoms with Gasteiger partial charge in [0.1, 0.15) is 5.69 Å². The van der Waals surface area contributed by atoms with Crippen LogP contribution in [0.2, 0.25) is 0 Å². The molecule has 0 fully saturated rings. The summed E-state index contributed by atoms with van der Waals surface area (Å²) in [4.78, 5) is 19.2. The Hall–Kier alpha value is -2.55. The van der Waals surface area contributed by atoms with Crippen molar-refractivity contribution >= 4 is 17.1 Å². The number of aromatic nitrogens is 2. The molecule has 0 spiro atoms. The van der Waals surface area contributed by atoms with Gasteiger partial charge in [-0.15, -0.1) is 0 Å². The highest BCUT2D eigenvalue weighted by atomic mass is 16.1. The van der Waals surface area contributed by atoms with Gasteiger partial charge >= 0.3 is 0 Å². The maximum Gasteiger partial charge on any atom is 0.168 e. The lowest BCUT2D eigenvalue weighted by atomic mass is 10.0. The molecule has 3 nitrogen and oxygen atoms in total. The Kier molecular flexibility index (Phi) is 2.57. The largest absolute Gasteiger partial charge is 0.296 e. The van der Waals surface area contributed by atoms with Crippen LogP contribution in [0.25, 0.3) is 22.2 Å². The van der Waals surface area contributed by atoms with E-state index in [-0.39, 0.29) is 0 Å². The summed E-state index contributed by atoms with van der Waals surface area (Å²) in [5.41, 5.74) is 1.34. The van der Waals surface area contributed by atoms with Crippen LogP contribution in [-0.2, 0) is 0 Å². The van der Waals surface area contributed by atoms with Crippen LogP contribution in [0.3, 0.4) is 0 Å². The summed E-state index contributed by atoms with van der Waals surface area (Å²) in [6, 6.07) is 15.6. The van der Waals surface area contributed by atoms with Gasteiger partial charge in [0.2, 0.25) is 0 Å². The van der Waals surface area contributed by atoms with E-state index < -0.39 is 0 Å². The minimum absolute atomic E-state index is 0.396. The number of hydrogen-bond donors (Lipinski definition) is 0. The van der Waals surface area contributed by atoms with Gasteiger partial charge in [0.05, 0.1) is 0 Å². The summed E-state index contributed by atoms with van der Waals surface area (Å²) in [6.45, 7) is 0. The number of carbonyl (C=O) groups excluding carboxylic acids is 1. The molecule has 0 aliphatic rings. The summed E-state index contributed by atoms with van der Waals surface area (Å²) >= 11 is 0. The van der Waals surface area contributed by atoms with Crippen LogP contribution >= 0.6 is 0 Å². The number of carbonyl (C=O) groups is 1. The first-order valence-electron chi connectivity index (χ1n) is 5.65. The minimum Gasteiger partial charge on any atom is -0.296 e. The summed E-state index contributed by atoms with van der Waals surface area (Å²) in [6.07, 6.45) is 2.34. The highest BCUT2D eigenvalue weighted by Crippen LogP contribution is 2.25. The Morgan fingerprint density at radius 1 is 0.944 bits per heavy atom. The van der Waals surface area contributed by atoms with Gasteiger partial charge in [0, 0.05) is 11.8 Å². The van der Waals surface area contributed by atoms with E-state index in [2.05, 4.69) is 9.97 Å². The molecule has 18 heavy (non-hydrogen) atoms. The molecule has 0 atom stereocenters. The van der Waals surface area contributed by atoms with E-state index in [0.717, 1.165) is 22.6 Å². The Morgan fingerprint density at radius 2 is 1.78 bits per heavy atom. The van der Waals surface area contributed by atoms with Gasteiger partial charge in [-0.25, -0.2) is 9.97 Å². The molecule has 0 amide bonds. The SMILES string of the molecule is O=Cc1ccnc(-c2cccc3ccccc23)n1. The van der Waals surface area contributed by atoms with Gasteiger partial charge in [-0.2, -0.15) is 0 Å². The number of aldehydes is 1. The molecule has 0 aliphatic carbocycles. The van der Waals surface area contributed by atoms with Crippen LogP contribution < -0.4 is 0 Å². The second-order valence-corrected chi connectivity index (χ2v) is 3.95. The van der Waals surface area contributed by atoms with E-state index in [9.17, 15) is 4.79 Å². The fraction of sp³-hybridized carbons (Fsp3) is 0. The van der Waals surface area contributed by atoms with Crippen molar-refractivity contribution in [3.8, 4) is 11.4 Å². The van der Waals surface area contributed by atoms with E-state index in [0.29, 0.717) is 11.5 Å². The lowest BCUT2D eigenvalue weighted by Gasteiger charge is -2.05. The van der Waals surface area contributed by atoms with E-state index in [4.69, 9.17) is 0 Å². The van der Waals surface area contributed by atoms with E-state index in [1.54, 1.807) is 12.3 Å². The third kappa shape index (κ3) is 1.76. The molecule has 2 aromatic carbocycles. The number of benzene rings is 2. The molecule has 0 unspecified atom stereocenters. The van der Waals surface area contributed by atoms with Crippen molar-refractivity contribution in [2.24, 2.45) is 0 Å². The fourth-order valence-electron chi connectivity index (χ4n) is 1.99. The minimum atomic E-state index is 0.396. The fourth-order valence-corrected chi connectivity index (χ4v) is 1.99. The number of hydrogen-bond acceptors (Lipinski definition) is 3. The van der Waals surface area contributed by atoms with Gasteiger partial charge < -0.3 is 0 Å². The van der Waals surface area contributed by atoms with Crippen molar-refractivity contribution in [3.63, 3.8) is 0 Å². The highest BCUT2D eigenvalue weighted by molar-refractivity contribution is 5.95. The molecule has 3 rings (SSSR count). The van der Waals surface area contributed by atoms with Gasteiger partial charge in [0.15, 0.2) is 12.1 Å². The lowest BCUT2D eigenvalue weighted by molar-refractivity contribution is 0.111. The maximum atomic E-state index is 10.8. The molecule has 3 heteroatoms. The third-order valence-electron chi connectivity index (χ3n) is 2.83. The zero-order chi connectivity index (χ0) is 12.4. The van der Waals surface area contributed by atoms with Crippen molar-refractivity contribution in [1.82, 2.24) is 9.97 Å². The monoisotopic (exact) mass is 234 g/mol. The summed E-state index contributed by atoms with van der Waals surface area (Å²) < 4.78 is 0. The normalized spacial score (nSPS) is 10.4. The van der Waals surface area contributed by atoms with E-state index in [1.165, 1.54) is 0 Å². The smallest absolute Gasteiger partial charge is 0.168 e. The zero-order valence-electron chi connectivity index (χ0n) is 9.58. The molecule has 0 saturated heterocycles. The van der Waals surface area contributed by atoms with E-state index in [1.807, 2.05) is 42.5 Å². The molecule has 0 bridgehead atoms. The van der Waals surface area contributed by atoms with Gasteiger partial charge in [0.25, 0.3) is 0 Å². The van der Waals surface area contributed by atoms with Crippen molar-refractivity contribution < 1.29 is 4.79 Å². The molecular formula is C15H10N2O. The van der Waals surface area contributed by atoms with Gasteiger partial charge in [-0.1, -0.05) is 42.5 Å². The van der Waals surface area contributed by atoms with Crippen molar-refractivity contribution in [3.05, 3.63) is 60.4 Å². The van der Waals surface area contributed by atoms with Crippen molar-refractivity contribution in [2.75, 3.05) is 0 Å². The first kappa shape index (κ1) is 10.6. The third-order valence-corrected chi connectivity index (χ3v) is 2.83. The first-order valence-corrected chi connectivity index (χ1v) is 5.65. The van der Waals surface area contributed by atoms with E-state index >= 15 is 0 Å². The first-order chi connectivity index (χ1) is 8.88. The summed E-state index contributed by atoms with van der Waals surface area (Å²) in [5, 5.41) is 2.22. The molecule has 0 N–H and O–H groups in total. The molecule has 0 radical (unpaired) electrons. The van der Waals surface area contributed by atoms with Gasteiger partial charge in [-0.05, 0) is 16.8 Å². The molecule has 1 aromatic heterocycles. The Bertz CT molecular complexity index is 717.